The van der Waals surface area contributed by atoms with Gasteiger partial charge in [-0.2, -0.15) is 0 Å². The smallest absolute Gasteiger partial charge is 0.143 e. The van der Waals surface area contributed by atoms with E-state index in [1.54, 1.807) is 0 Å². The van der Waals surface area contributed by atoms with E-state index in [1.807, 2.05) is 6.07 Å². The fraction of sp³-hybridized carbons (Fsp3) is 0.0541. The number of hydrogen-bond acceptors (Lipinski definition) is 2. The lowest BCUT2D eigenvalue weighted by molar-refractivity contribution is 0.673. The number of hydrogen-bond donors (Lipinski definition) is 0. The zero-order chi connectivity index (χ0) is 26.4. The molecule has 40 heavy (non-hydrogen) atoms. The van der Waals surface area contributed by atoms with Gasteiger partial charge in [-0.3, -0.25) is 4.57 Å². The molecule has 9 rings (SSSR count). The number of benzene rings is 6. The normalized spacial score (nSPS) is 12.2. The van der Waals surface area contributed by atoms with E-state index in [0.717, 1.165) is 45.5 Å². The highest BCUT2D eigenvalue weighted by Crippen LogP contribution is 2.50. The molecule has 0 aliphatic heterocycles. The molecule has 0 amide bonds. The zero-order valence-corrected chi connectivity index (χ0v) is 22.0. The Balaban J connectivity index is 1.20. The Morgan fingerprint density at radius 1 is 0.625 bits per heavy atom. The van der Waals surface area contributed by atoms with Crippen LogP contribution in [0, 0.1) is 0 Å². The van der Waals surface area contributed by atoms with Gasteiger partial charge in [0.25, 0.3) is 0 Å². The van der Waals surface area contributed by atoms with Gasteiger partial charge in [0.15, 0.2) is 0 Å². The number of rotatable bonds is 3. The molecule has 8 aromatic rings. The SMILES string of the molecule is CCc1nc2ccccc2n1-c1ccc(-c2ccc3oc4c5cccc6c5c(cc4c3c2)-c2ccccc2-6)cc1. The highest BCUT2D eigenvalue weighted by atomic mass is 16.3. The standard InChI is InChI=1S/C37H24N2O/c1-2-35-38-32-12-5-6-13-33(32)39(35)24-17-14-22(15-18-24)23-16-19-34-29(20-23)31-21-30-26-9-4-3-8-25(26)27-10-7-11-28(36(27)30)37(31)40-34/h3-21H,2H2,1H3. The predicted octanol–water partition coefficient (Wildman–Crippen LogP) is 9.95. The van der Waals surface area contributed by atoms with Gasteiger partial charge in [-0.05, 0) is 75.8 Å². The number of aryl methyl sites for hydroxylation is 1. The molecular formula is C37H24N2O. The second-order valence-corrected chi connectivity index (χ2v) is 10.6. The third-order valence-corrected chi connectivity index (χ3v) is 8.51. The molecule has 0 atom stereocenters. The summed E-state index contributed by atoms with van der Waals surface area (Å²) in [7, 11) is 0. The molecule has 3 heteroatoms. The van der Waals surface area contributed by atoms with E-state index in [0.29, 0.717) is 0 Å². The molecule has 0 N–H and O–H groups in total. The molecule has 0 spiro atoms. The van der Waals surface area contributed by atoms with Crippen molar-refractivity contribution in [1.29, 1.82) is 0 Å². The molecule has 0 fully saturated rings. The number of fused-ring (bicyclic) bond motifs is 8. The summed E-state index contributed by atoms with van der Waals surface area (Å²) in [6, 6.07) is 41.4. The van der Waals surface area contributed by atoms with E-state index >= 15 is 0 Å². The number of nitrogens with zero attached hydrogens (tertiary/aromatic N) is 2. The second kappa shape index (κ2) is 7.93. The van der Waals surface area contributed by atoms with E-state index in [-0.39, 0.29) is 0 Å². The molecule has 6 aromatic carbocycles. The van der Waals surface area contributed by atoms with E-state index in [2.05, 4.69) is 121 Å². The summed E-state index contributed by atoms with van der Waals surface area (Å²) in [5.74, 6) is 1.07. The van der Waals surface area contributed by atoms with E-state index in [9.17, 15) is 0 Å². The number of furan rings is 1. The first-order valence-electron chi connectivity index (χ1n) is 13.9. The molecule has 0 saturated carbocycles. The Hall–Kier alpha value is -5.15. The van der Waals surface area contributed by atoms with Crippen LogP contribution >= 0.6 is 0 Å². The Bertz CT molecular complexity index is 2300. The van der Waals surface area contributed by atoms with Crippen LogP contribution < -0.4 is 0 Å². The third kappa shape index (κ3) is 2.86. The molecule has 2 heterocycles. The summed E-state index contributed by atoms with van der Waals surface area (Å²) in [5, 5.41) is 4.80. The minimum absolute atomic E-state index is 0.878. The number of imidazole rings is 1. The molecule has 0 radical (unpaired) electrons. The van der Waals surface area contributed by atoms with Gasteiger partial charge >= 0.3 is 0 Å². The molecule has 188 valence electrons. The van der Waals surface area contributed by atoms with Crippen LogP contribution in [-0.2, 0) is 6.42 Å². The van der Waals surface area contributed by atoms with Crippen molar-refractivity contribution in [1.82, 2.24) is 9.55 Å². The van der Waals surface area contributed by atoms with E-state index in [1.165, 1.54) is 49.5 Å². The maximum atomic E-state index is 6.52. The van der Waals surface area contributed by atoms with Crippen LogP contribution in [0.4, 0.5) is 0 Å². The van der Waals surface area contributed by atoms with Crippen molar-refractivity contribution >= 4 is 43.7 Å². The molecule has 0 bridgehead atoms. The fourth-order valence-corrected chi connectivity index (χ4v) is 6.68. The van der Waals surface area contributed by atoms with Crippen molar-refractivity contribution < 1.29 is 4.42 Å². The quantitative estimate of drug-likeness (QED) is 0.236. The fourth-order valence-electron chi connectivity index (χ4n) is 6.68. The van der Waals surface area contributed by atoms with Gasteiger partial charge in [-0.1, -0.05) is 79.7 Å². The molecule has 1 aliphatic carbocycles. The molecule has 0 unspecified atom stereocenters. The molecule has 0 saturated heterocycles. The Kier molecular flexibility index (Phi) is 4.31. The van der Waals surface area contributed by atoms with Gasteiger partial charge in [0, 0.05) is 33.7 Å². The van der Waals surface area contributed by atoms with Crippen LogP contribution in [0.3, 0.4) is 0 Å². The first-order valence-corrected chi connectivity index (χ1v) is 13.9. The van der Waals surface area contributed by atoms with Crippen molar-refractivity contribution in [2.75, 3.05) is 0 Å². The minimum atomic E-state index is 0.878. The van der Waals surface area contributed by atoms with Crippen LogP contribution in [0.5, 0.6) is 0 Å². The van der Waals surface area contributed by atoms with Crippen LogP contribution in [0.25, 0.3) is 82.8 Å². The molecular weight excluding hydrogens is 488 g/mol. The van der Waals surface area contributed by atoms with Crippen molar-refractivity contribution in [2.24, 2.45) is 0 Å². The second-order valence-electron chi connectivity index (χ2n) is 10.6. The van der Waals surface area contributed by atoms with Gasteiger partial charge in [-0.15, -0.1) is 0 Å². The largest absolute Gasteiger partial charge is 0.455 e. The summed E-state index contributed by atoms with van der Waals surface area (Å²) in [6.45, 7) is 2.16. The van der Waals surface area contributed by atoms with E-state index in [4.69, 9.17) is 9.40 Å². The lowest BCUT2D eigenvalue weighted by Crippen LogP contribution is -1.99. The Morgan fingerprint density at radius 2 is 1.38 bits per heavy atom. The average Bonchev–Trinajstić information content (AvgIpc) is 3.68. The first-order chi connectivity index (χ1) is 19.8. The Labute approximate surface area is 230 Å². The van der Waals surface area contributed by atoms with Gasteiger partial charge in [0.1, 0.15) is 17.0 Å². The summed E-state index contributed by atoms with van der Waals surface area (Å²) >= 11 is 0. The monoisotopic (exact) mass is 512 g/mol. The van der Waals surface area contributed by atoms with Crippen molar-refractivity contribution in [3.8, 4) is 39.1 Å². The molecule has 1 aliphatic rings. The average molecular weight is 513 g/mol. The van der Waals surface area contributed by atoms with Gasteiger partial charge in [0.05, 0.1) is 11.0 Å². The summed E-state index contributed by atoms with van der Waals surface area (Å²) < 4.78 is 8.79. The summed E-state index contributed by atoms with van der Waals surface area (Å²) in [5.41, 5.74) is 12.8. The van der Waals surface area contributed by atoms with Crippen molar-refractivity contribution in [3.05, 3.63) is 121 Å². The minimum Gasteiger partial charge on any atom is -0.455 e. The topological polar surface area (TPSA) is 31.0 Å². The lowest BCUT2D eigenvalue weighted by atomic mass is 9.98. The highest BCUT2D eigenvalue weighted by molar-refractivity contribution is 6.26. The van der Waals surface area contributed by atoms with Crippen LogP contribution in [-0.4, -0.2) is 9.55 Å². The highest BCUT2D eigenvalue weighted by Gasteiger charge is 2.24. The number of aromatic nitrogens is 2. The van der Waals surface area contributed by atoms with Gasteiger partial charge in [0.2, 0.25) is 0 Å². The lowest BCUT2D eigenvalue weighted by Gasteiger charge is -2.10. The van der Waals surface area contributed by atoms with Gasteiger partial charge < -0.3 is 4.42 Å². The molecule has 3 nitrogen and oxygen atoms in total. The van der Waals surface area contributed by atoms with Crippen molar-refractivity contribution in [3.63, 3.8) is 0 Å². The zero-order valence-electron chi connectivity index (χ0n) is 22.0. The van der Waals surface area contributed by atoms with Crippen LogP contribution in [0.2, 0.25) is 0 Å². The first kappa shape index (κ1) is 21.7. The van der Waals surface area contributed by atoms with Crippen LogP contribution in [0.15, 0.2) is 120 Å². The maximum Gasteiger partial charge on any atom is 0.143 e. The third-order valence-electron chi connectivity index (χ3n) is 8.51. The van der Waals surface area contributed by atoms with Gasteiger partial charge in [-0.25, -0.2) is 4.98 Å². The maximum absolute atomic E-state index is 6.52. The summed E-state index contributed by atoms with van der Waals surface area (Å²) in [6.07, 6.45) is 0.878. The van der Waals surface area contributed by atoms with Crippen molar-refractivity contribution in [2.45, 2.75) is 13.3 Å². The predicted molar refractivity (Wildman–Crippen MR) is 165 cm³/mol. The number of para-hydroxylation sites is 2. The Morgan fingerprint density at radius 3 is 2.23 bits per heavy atom. The van der Waals surface area contributed by atoms with E-state index < -0.39 is 0 Å². The van der Waals surface area contributed by atoms with Crippen LogP contribution in [0.1, 0.15) is 12.7 Å². The summed E-state index contributed by atoms with van der Waals surface area (Å²) in [4.78, 5) is 4.85. The molecule has 2 aromatic heterocycles.